The summed E-state index contributed by atoms with van der Waals surface area (Å²) in [7, 11) is 0. The Bertz CT molecular complexity index is 402. The zero-order chi connectivity index (χ0) is 12.8. The Labute approximate surface area is 98.6 Å². The topological polar surface area (TPSA) is 108 Å². The van der Waals surface area contributed by atoms with Crippen molar-refractivity contribution in [2.45, 2.75) is 39.2 Å². The van der Waals surface area contributed by atoms with Gasteiger partial charge in [-0.1, -0.05) is 0 Å². The maximum atomic E-state index is 11.4. The number of nitrogens with one attached hydrogen (secondary N) is 2. The summed E-state index contributed by atoms with van der Waals surface area (Å²) in [5, 5.41) is 17.8. The van der Waals surface area contributed by atoms with Crippen LogP contribution in [0.25, 0.3) is 0 Å². The first-order valence-electron chi connectivity index (χ1n) is 5.39. The van der Waals surface area contributed by atoms with Crippen LogP contribution < -0.4 is 5.32 Å². The third-order valence-corrected chi connectivity index (χ3v) is 2.17. The molecule has 1 atom stereocenters. The molecule has 0 aromatic carbocycles. The molecule has 0 unspecified atom stereocenters. The minimum atomic E-state index is -0.893. The van der Waals surface area contributed by atoms with Gasteiger partial charge >= 0.3 is 5.97 Å². The third-order valence-electron chi connectivity index (χ3n) is 2.17. The van der Waals surface area contributed by atoms with Crippen LogP contribution in [0.2, 0.25) is 0 Å². The second kappa shape index (κ2) is 5.97. The van der Waals surface area contributed by atoms with Gasteiger partial charge in [0.05, 0.1) is 6.04 Å². The summed E-state index contributed by atoms with van der Waals surface area (Å²) in [5.41, 5.74) is 0. The van der Waals surface area contributed by atoms with E-state index in [4.69, 9.17) is 5.11 Å². The first-order valence-corrected chi connectivity index (χ1v) is 5.39. The highest BCUT2D eigenvalue weighted by atomic mass is 16.4. The number of carbonyl (C=O) groups is 2. The Kier molecular flexibility index (Phi) is 4.62. The molecule has 1 aromatic heterocycles. The molecule has 7 heteroatoms. The SMILES string of the molecule is Cc1nc([C@H](C)NC(=O)CCCC(=O)O)n[nH]1. The molecule has 1 amide bonds. The second-order valence-electron chi connectivity index (χ2n) is 3.82. The zero-order valence-electron chi connectivity index (χ0n) is 9.86. The van der Waals surface area contributed by atoms with Crippen molar-refractivity contribution in [3.63, 3.8) is 0 Å². The molecule has 0 bridgehead atoms. The van der Waals surface area contributed by atoms with Crippen LogP contribution >= 0.6 is 0 Å². The van der Waals surface area contributed by atoms with Crippen LogP contribution in [-0.2, 0) is 9.59 Å². The first kappa shape index (κ1) is 13.1. The van der Waals surface area contributed by atoms with Crippen LogP contribution in [0, 0.1) is 6.92 Å². The van der Waals surface area contributed by atoms with Gasteiger partial charge in [0.25, 0.3) is 0 Å². The first-order chi connectivity index (χ1) is 7.99. The quantitative estimate of drug-likeness (QED) is 0.672. The summed E-state index contributed by atoms with van der Waals surface area (Å²) in [6.07, 6.45) is 0.530. The molecule has 1 aromatic rings. The number of aromatic amines is 1. The molecule has 0 spiro atoms. The molecule has 3 N–H and O–H groups in total. The second-order valence-corrected chi connectivity index (χ2v) is 3.82. The molecule has 0 saturated heterocycles. The van der Waals surface area contributed by atoms with Crippen LogP contribution in [-0.4, -0.2) is 32.2 Å². The number of nitrogens with zero attached hydrogens (tertiary/aromatic N) is 2. The average Bonchev–Trinajstić information content (AvgIpc) is 2.64. The van der Waals surface area contributed by atoms with E-state index in [1.54, 1.807) is 13.8 Å². The average molecular weight is 240 g/mol. The monoisotopic (exact) mass is 240 g/mol. The van der Waals surface area contributed by atoms with E-state index in [1.807, 2.05) is 0 Å². The Hall–Kier alpha value is -1.92. The van der Waals surface area contributed by atoms with E-state index in [2.05, 4.69) is 20.5 Å². The predicted octanol–water partition coefficient (Wildman–Crippen LogP) is 0.545. The van der Waals surface area contributed by atoms with Crippen molar-refractivity contribution in [1.29, 1.82) is 0 Å². The highest BCUT2D eigenvalue weighted by Gasteiger charge is 2.13. The van der Waals surface area contributed by atoms with Gasteiger partial charge in [0, 0.05) is 12.8 Å². The van der Waals surface area contributed by atoms with Crippen molar-refractivity contribution in [2.75, 3.05) is 0 Å². The molecule has 0 radical (unpaired) electrons. The number of aromatic nitrogens is 3. The van der Waals surface area contributed by atoms with Gasteiger partial charge in [-0.05, 0) is 20.3 Å². The molecule has 0 aliphatic heterocycles. The number of aryl methyl sites for hydroxylation is 1. The normalized spacial score (nSPS) is 12.1. The fourth-order valence-corrected chi connectivity index (χ4v) is 1.33. The van der Waals surface area contributed by atoms with Crippen molar-refractivity contribution in [3.05, 3.63) is 11.6 Å². The fraction of sp³-hybridized carbons (Fsp3) is 0.600. The molecule has 1 rings (SSSR count). The van der Waals surface area contributed by atoms with Gasteiger partial charge in [-0.25, -0.2) is 4.98 Å². The predicted molar refractivity (Wildman–Crippen MR) is 59.2 cm³/mol. The van der Waals surface area contributed by atoms with Crippen LogP contribution in [0.1, 0.15) is 43.9 Å². The standard InChI is InChI=1S/C10H16N4O3/c1-6(10-12-7(2)13-14-10)11-8(15)4-3-5-9(16)17/h6H,3-5H2,1-2H3,(H,11,15)(H,16,17)(H,12,13,14)/t6-/m0/s1. The van der Waals surface area contributed by atoms with Gasteiger partial charge in [-0.2, -0.15) is 5.10 Å². The Morgan fingerprint density at radius 2 is 2.18 bits per heavy atom. The summed E-state index contributed by atoms with van der Waals surface area (Å²) in [4.78, 5) is 25.8. The van der Waals surface area contributed by atoms with E-state index in [0.29, 0.717) is 18.1 Å². The Balaban J connectivity index is 2.33. The molecule has 94 valence electrons. The van der Waals surface area contributed by atoms with Crippen molar-refractivity contribution in [2.24, 2.45) is 0 Å². The molecule has 1 heterocycles. The highest BCUT2D eigenvalue weighted by Crippen LogP contribution is 2.06. The maximum Gasteiger partial charge on any atom is 0.303 e. The van der Waals surface area contributed by atoms with Crippen molar-refractivity contribution in [1.82, 2.24) is 20.5 Å². The van der Waals surface area contributed by atoms with Crippen molar-refractivity contribution in [3.8, 4) is 0 Å². The summed E-state index contributed by atoms with van der Waals surface area (Å²) in [6, 6.07) is -0.280. The lowest BCUT2D eigenvalue weighted by atomic mass is 10.2. The van der Waals surface area contributed by atoms with Crippen LogP contribution in [0.3, 0.4) is 0 Å². The van der Waals surface area contributed by atoms with Crippen LogP contribution in [0.4, 0.5) is 0 Å². The zero-order valence-corrected chi connectivity index (χ0v) is 9.86. The summed E-state index contributed by atoms with van der Waals surface area (Å²) >= 11 is 0. The Morgan fingerprint density at radius 1 is 1.47 bits per heavy atom. The third kappa shape index (κ3) is 4.62. The number of hydrogen-bond acceptors (Lipinski definition) is 4. The van der Waals surface area contributed by atoms with Gasteiger partial charge < -0.3 is 10.4 Å². The molecule has 0 aliphatic rings. The molecule has 17 heavy (non-hydrogen) atoms. The van der Waals surface area contributed by atoms with Gasteiger partial charge in [-0.3, -0.25) is 14.7 Å². The van der Waals surface area contributed by atoms with E-state index < -0.39 is 5.97 Å². The summed E-state index contributed by atoms with van der Waals surface area (Å²) in [6.45, 7) is 3.55. The lowest BCUT2D eigenvalue weighted by molar-refractivity contribution is -0.137. The molecular weight excluding hydrogens is 224 g/mol. The number of amides is 1. The lowest BCUT2D eigenvalue weighted by Crippen LogP contribution is -2.27. The number of carboxylic acid groups (broad SMARTS) is 1. The summed E-state index contributed by atoms with van der Waals surface area (Å²) in [5.74, 6) is 0.123. The summed E-state index contributed by atoms with van der Waals surface area (Å²) < 4.78 is 0. The minimum absolute atomic E-state index is 0.00155. The van der Waals surface area contributed by atoms with Gasteiger partial charge in [-0.15, -0.1) is 0 Å². The molecule has 7 nitrogen and oxygen atoms in total. The van der Waals surface area contributed by atoms with Crippen LogP contribution in [0.5, 0.6) is 0 Å². The van der Waals surface area contributed by atoms with E-state index in [-0.39, 0.29) is 24.8 Å². The number of aliphatic carboxylic acids is 1. The Morgan fingerprint density at radius 3 is 2.71 bits per heavy atom. The van der Waals surface area contributed by atoms with Gasteiger partial charge in [0.2, 0.25) is 5.91 Å². The number of hydrogen-bond donors (Lipinski definition) is 3. The number of H-pyrrole nitrogens is 1. The van der Waals surface area contributed by atoms with Crippen LogP contribution in [0.15, 0.2) is 0 Å². The highest BCUT2D eigenvalue weighted by molar-refractivity contribution is 5.77. The number of rotatable bonds is 6. The van der Waals surface area contributed by atoms with E-state index in [9.17, 15) is 9.59 Å². The lowest BCUT2D eigenvalue weighted by Gasteiger charge is -2.09. The molecule has 0 saturated carbocycles. The number of carbonyl (C=O) groups excluding carboxylic acids is 1. The molecule has 0 fully saturated rings. The van der Waals surface area contributed by atoms with E-state index >= 15 is 0 Å². The van der Waals surface area contributed by atoms with E-state index in [0.717, 1.165) is 0 Å². The van der Waals surface area contributed by atoms with Gasteiger partial charge in [0.1, 0.15) is 5.82 Å². The fourth-order valence-electron chi connectivity index (χ4n) is 1.33. The van der Waals surface area contributed by atoms with Crippen molar-refractivity contribution >= 4 is 11.9 Å². The van der Waals surface area contributed by atoms with E-state index in [1.165, 1.54) is 0 Å². The molecule has 0 aliphatic carbocycles. The largest absolute Gasteiger partial charge is 0.481 e. The molecular formula is C10H16N4O3. The van der Waals surface area contributed by atoms with Gasteiger partial charge in [0.15, 0.2) is 5.82 Å². The minimum Gasteiger partial charge on any atom is -0.481 e. The maximum absolute atomic E-state index is 11.4. The number of carboxylic acids is 1. The van der Waals surface area contributed by atoms with Crippen molar-refractivity contribution < 1.29 is 14.7 Å². The smallest absolute Gasteiger partial charge is 0.303 e.